The van der Waals surface area contributed by atoms with Crippen molar-refractivity contribution in [2.24, 2.45) is 5.92 Å². The highest BCUT2D eigenvalue weighted by Gasteiger charge is 2.32. The van der Waals surface area contributed by atoms with Crippen LogP contribution in [0.1, 0.15) is 74.1 Å². The molecular weight excluding hydrogens is 404 g/mol. The van der Waals surface area contributed by atoms with E-state index in [1.54, 1.807) is 0 Å². The summed E-state index contributed by atoms with van der Waals surface area (Å²) in [5.74, 6) is 1.03. The average molecular weight is 439 g/mol. The van der Waals surface area contributed by atoms with Crippen molar-refractivity contribution in [1.82, 2.24) is 30.1 Å². The van der Waals surface area contributed by atoms with Gasteiger partial charge < -0.3 is 10.1 Å². The van der Waals surface area contributed by atoms with Crippen LogP contribution in [0.4, 0.5) is 0 Å². The fourth-order valence-corrected chi connectivity index (χ4v) is 4.99. The minimum Gasteiger partial charge on any atom is -0.395 e. The Hall–Kier alpha value is -2.58. The van der Waals surface area contributed by atoms with Gasteiger partial charge in [-0.2, -0.15) is 0 Å². The number of rotatable bonds is 8. The van der Waals surface area contributed by atoms with E-state index in [2.05, 4.69) is 52.2 Å². The molecule has 32 heavy (non-hydrogen) atoms. The number of aliphatic hydroxyl groups is 1. The van der Waals surface area contributed by atoms with Crippen molar-refractivity contribution in [3.63, 3.8) is 0 Å². The van der Waals surface area contributed by atoms with E-state index in [0.717, 1.165) is 35.1 Å². The van der Waals surface area contributed by atoms with Crippen molar-refractivity contribution in [3.8, 4) is 0 Å². The van der Waals surface area contributed by atoms with Crippen LogP contribution in [0.15, 0.2) is 23.0 Å². The Kier molecular flexibility index (Phi) is 6.71. The zero-order chi connectivity index (χ0) is 22.8. The molecular formula is C24H34N6O2. The summed E-state index contributed by atoms with van der Waals surface area (Å²) in [5.41, 5.74) is 3.78. The second kappa shape index (κ2) is 9.50. The molecule has 0 saturated heterocycles. The number of nitrogens with one attached hydrogen (secondary N) is 1. The largest absolute Gasteiger partial charge is 0.395 e. The maximum absolute atomic E-state index is 12.9. The molecule has 1 atom stereocenters. The van der Waals surface area contributed by atoms with Crippen LogP contribution in [0.2, 0.25) is 0 Å². The third kappa shape index (κ3) is 4.47. The second-order valence-corrected chi connectivity index (χ2v) is 9.45. The first-order chi connectivity index (χ1) is 15.4. The lowest BCUT2D eigenvalue weighted by Gasteiger charge is -2.33. The van der Waals surface area contributed by atoms with Crippen LogP contribution in [-0.2, 0) is 6.54 Å². The molecule has 8 heteroatoms. The van der Waals surface area contributed by atoms with Crippen LogP contribution in [0.3, 0.4) is 0 Å². The third-order valence-electron chi connectivity index (χ3n) is 6.77. The summed E-state index contributed by atoms with van der Waals surface area (Å²) >= 11 is 0. The monoisotopic (exact) mass is 438 g/mol. The molecule has 1 aromatic carbocycles. The van der Waals surface area contributed by atoms with Gasteiger partial charge in [0, 0.05) is 24.2 Å². The van der Waals surface area contributed by atoms with Gasteiger partial charge in [-0.1, -0.05) is 26.7 Å². The number of aromatic nitrogens is 5. The molecule has 0 spiro atoms. The summed E-state index contributed by atoms with van der Waals surface area (Å²) in [6.07, 6.45) is 4.57. The van der Waals surface area contributed by atoms with Crippen molar-refractivity contribution >= 4 is 10.9 Å². The van der Waals surface area contributed by atoms with Gasteiger partial charge >= 0.3 is 0 Å². The van der Waals surface area contributed by atoms with Crippen LogP contribution in [-0.4, -0.2) is 48.3 Å². The Balaban J connectivity index is 1.71. The molecule has 4 rings (SSSR count). The van der Waals surface area contributed by atoms with Crippen LogP contribution >= 0.6 is 0 Å². The maximum Gasteiger partial charge on any atom is 0.252 e. The fraction of sp³-hybridized carbons (Fsp3) is 0.583. The summed E-state index contributed by atoms with van der Waals surface area (Å²) < 4.78 is 1.98. The zero-order valence-corrected chi connectivity index (χ0v) is 19.5. The Morgan fingerprint density at radius 1 is 1.19 bits per heavy atom. The number of aryl methyl sites for hydroxylation is 2. The summed E-state index contributed by atoms with van der Waals surface area (Å²) in [6, 6.07) is 6.33. The van der Waals surface area contributed by atoms with Gasteiger partial charge in [-0.15, -0.1) is 5.10 Å². The molecule has 0 bridgehead atoms. The molecule has 1 aliphatic carbocycles. The van der Waals surface area contributed by atoms with E-state index < -0.39 is 0 Å². The van der Waals surface area contributed by atoms with E-state index in [1.165, 1.54) is 18.4 Å². The smallest absolute Gasteiger partial charge is 0.252 e. The predicted octanol–water partition coefficient (Wildman–Crippen LogP) is 3.44. The topological polar surface area (TPSA) is 99.9 Å². The molecule has 1 aliphatic rings. The Bertz CT molecular complexity index is 1130. The number of aromatic amines is 1. The van der Waals surface area contributed by atoms with E-state index >= 15 is 0 Å². The number of hydrogen-bond acceptors (Lipinski definition) is 6. The van der Waals surface area contributed by atoms with Crippen molar-refractivity contribution in [2.75, 3.05) is 13.2 Å². The number of benzene rings is 1. The number of pyridine rings is 1. The van der Waals surface area contributed by atoms with Crippen molar-refractivity contribution in [1.29, 1.82) is 0 Å². The third-order valence-corrected chi connectivity index (χ3v) is 6.77. The quantitative estimate of drug-likeness (QED) is 0.559. The minimum atomic E-state index is -0.104. The molecule has 2 aromatic heterocycles. The highest BCUT2D eigenvalue weighted by molar-refractivity contribution is 5.80. The number of aliphatic hydroxyl groups excluding tert-OH is 1. The zero-order valence-electron chi connectivity index (χ0n) is 19.5. The van der Waals surface area contributed by atoms with E-state index in [9.17, 15) is 9.90 Å². The van der Waals surface area contributed by atoms with E-state index in [4.69, 9.17) is 0 Å². The highest BCUT2D eigenvalue weighted by Crippen LogP contribution is 2.34. The summed E-state index contributed by atoms with van der Waals surface area (Å²) in [6.45, 7) is 9.25. The predicted molar refractivity (Wildman–Crippen MR) is 124 cm³/mol. The number of hydrogen-bond donors (Lipinski definition) is 2. The van der Waals surface area contributed by atoms with Crippen LogP contribution in [0.5, 0.6) is 0 Å². The second-order valence-electron chi connectivity index (χ2n) is 9.45. The van der Waals surface area contributed by atoms with Crippen molar-refractivity contribution in [2.45, 2.75) is 72.0 Å². The number of fused-ring (bicyclic) bond motifs is 1. The molecule has 0 unspecified atom stereocenters. The van der Waals surface area contributed by atoms with E-state index in [-0.39, 0.29) is 24.1 Å². The number of nitrogens with zero attached hydrogens (tertiary/aromatic N) is 5. The first kappa shape index (κ1) is 22.6. The van der Waals surface area contributed by atoms with Gasteiger partial charge in [0.05, 0.1) is 18.7 Å². The molecule has 1 fully saturated rings. The van der Waals surface area contributed by atoms with E-state index in [1.807, 2.05) is 23.7 Å². The Morgan fingerprint density at radius 2 is 1.91 bits per heavy atom. The summed E-state index contributed by atoms with van der Waals surface area (Å²) in [7, 11) is 0. The summed E-state index contributed by atoms with van der Waals surface area (Å²) in [4.78, 5) is 18.1. The first-order valence-corrected chi connectivity index (χ1v) is 11.6. The van der Waals surface area contributed by atoms with Crippen molar-refractivity contribution in [3.05, 3.63) is 51.1 Å². The number of tetrazole rings is 1. The van der Waals surface area contributed by atoms with Gasteiger partial charge in [-0.25, -0.2) is 4.68 Å². The lowest BCUT2D eigenvalue weighted by molar-refractivity contribution is 0.104. The average Bonchev–Trinajstić information content (AvgIpc) is 3.42. The molecule has 0 amide bonds. The van der Waals surface area contributed by atoms with Gasteiger partial charge in [0.15, 0.2) is 5.82 Å². The molecule has 1 saturated carbocycles. The van der Waals surface area contributed by atoms with Crippen molar-refractivity contribution < 1.29 is 5.11 Å². The standard InChI is InChI=1S/C24H34N6O2/c1-15(2)22(23-26-27-28-30(23)20-7-5-6-8-20)29(9-10-31)14-19-13-18-11-16(3)17(4)12-21(18)25-24(19)32/h11-13,15,20,22,31H,5-10,14H2,1-4H3,(H,25,32)/t22-/m1/s1. The molecule has 3 aromatic rings. The molecule has 8 nitrogen and oxygen atoms in total. The molecule has 2 heterocycles. The lowest BCUT2D eigenvalue weighted by atomic mass is 9.99. The highest BCUT2D eigenvalue weighted by atomic mass is 16.3. The molecule has 0 radical (unpaired) electrons. The first-order valence-electron chi connectivity index (χ1n) is 11.6. The maximum atomic E-state index is 12.9. The van der Waals surface area contributed by atoms with Crippen LogP contribution in [0.25, 0.3) is 10.9 Å². The summed E-state index contributed by atoms with van der Waals surface area (Å²) in [5, 5.41) is 23.6. The van der Waals surface area contributed by atoms with E-state index in [0.29, 0.717) is 24.7 Å². The van der Waals surface area contributed by atoms with Crippen LogP contribution < -0.4 is 5.56 Å². The van der Waals surface area contributed by atoms with Gasteiger partial charge in [0.25, 0.3) is 5.56 Å². The molecule has 0 aliphatic heterocycles. The Morgan fingerprint density at radius 3 is 2.59 bits per heavy atom. The number of H-pyrrole nitrogens is 1. The Labute approximate surface area is 188 Å². The van der Waals surface area contributed by atoms with Gasteiger partial charge in [0.2, 0.25) is 0 Å². The van der Waals surface area contributed by atoms with Gasteiger partial charge in [-0.05, 0) is 77.7 Å². The normalized spacial score (nSPS) is 16.0. The SMILES string of the molecule is Cc1cc2cc(CN(CCO)[C@@H](c3nnnn3C3CCCC3)C(C)C)c(=O)[nH]c2cc1C. The fourth-order valence-electron chi connectivity index (χ4n) is 4.99. The lowest BCUT2D eigenvalue weighted by Crippen LogP contribution is -2.37. The minimum absolute atomic E-state index is 0.00198. The molecule has 172 valence electrons. The van der Waals surface area contributed by atoms with Crippen LogP contribution in [0, 0.1) is 19.8 Å². The van der Waals surface area contributed by atoms with Gasteiger partial charge in [-0.3, -0.25) is 9.69 Å². The molecule has 2 N–H and O–H groups in total. The van der Waals surface area contributed by atoms with Gasteiger partial charge in [0.1, 0.15) is 0 Å².